The van der Waals surface area contributed by atoms with Crippen molar-refractivity contribution >= 4 is 17.5 Å². The SMILES string of the molecule is C[C@@H]1C[C@@H]1[C@H](N[C@H]1CCNC1=O)c1ccc(Cl)cc1. The molecule has 0 radical (unpaired) electrons. The van der Waals surface area contributed by atoms with Crippen molar-refractivity contribution in [1.82, 2.24) is 10.6 Å². The summed E-state index contributed by atoms with van der Waals surface area (Å²) >= 11 is 5.95. The van der Waals surface area contributed by atoms with Gasteiger partial charge in [0.1, 0.15) is 0 Å². The molecule has 2 N–H and O–H groups in total. The van der Waals surface area contributed by atoms with Crippen LogP contribution in [0.25, 0.3) is 0 Å². The van der Waals surface area contributed by atoms with Crippen LogP contribution in [0.15, 0.2) is 24.3 Å². The van der Waals surface area contributed by atoms with Gasteiger partial charge in [-0.05, 0) is 42.4 Å². The molecule has 0 bridgehead atoms. The zero-order chi connectivity index (χ0) is 13.4. The molecule has 0 spiro atoms. The smallest absolute Gasteiger partial charge is 0.237 e. The minimum Gasteiger partial charge on any atom is -0.355 e. The lowest BCUT2D eigenvalue weighted by molar-refractivity contribution is -0.121. The summed E-state index contributed by atoms with van der Waals surface area (Å²) in [6, 6.07) is 8.20. The van der Waals surface area contributed by atoms with Gasteiger partial charge in [-0.15, -0.1) is 0 Å². The average Bonchev–Trinajstić information content (AvgIpc) is 2.97. The number of hydrogen-bond donors (Lipinski definition) is 2. The van der Waals surface area contributed by atoms with E-state index in [-0.39, 0.29) is 18.0 Å². The molecule has 0 aromatic heterocycles. The number of rotatable bonds is 4. The lowest BCUT2D eigenvalue weighted by Crippen LogP contribution is -2.39. The Balaban J connectivity index is 1.77. The molecule has 0 unspecified atom stereocenters. The van der Waals surface area contributed by atoms with Crippen LogP contribution in [0.2, 0.25) is 5.02 Å². The molecule has 1 saturated carbocycles. The van der Waals surface area contributed by atoms with E-state index >= 15 is 0 Å². The number of amides is 1. The van der Waals surface area contributed by atoms with Crippen LogP contribution >= 0.6 is 11.6 Å². The molecule has 102 valence electrons. The van der Waals surface area contributed by atoms with Crippen molar-refractivity contribution in [3.05, 3.63) is 34.9 Å². The molecule has 1 aromatic rings. The quantitative estimate of drug-likeness (QED) is 0.889. The maximum absolute atomic E-state index is 11.7. The Labute approximate surface area is 118 Å². The second-order valence-electron chi connectivity index (χ2n) is 5.71. The van der Waals surface area contributed by atoms with Crippen LogP contribution in [0.3, 0.4) is 0 Å². The summed E-state index contributed by atoms with van der Waals surface area (Å²) in [5, 5.41) is 7.18. The minimum absolute atomic E-state index is 0.0477. The van der Waals surface area contributed by atoms with E-state index in [0.717, 1.165) is 23.9 Å². The standard InChI is InChI=1S/C15H19ClN2O/c1-9-8-12(9)14(10-2-4-11(16)5-3-10)18-13-6-7-17-15(13)19/h2-5,9,12-14,18H,6-8H2,1H3,(H,17,19)/t9-,12+,13+,14-/m1/s1. The molecular formula is C15H19ClN2O. The van der Waals surface area contributed by atoms with E-state index in [1.54, 1.807) is 0 Å². The Morgan fingerprint density at radius 2 is 2.05 bits per heavy atom. The van der Waals surface area contributed by atoms with E-state index in [4.69, 9.17) is 11.6 Å². The van der Waals surface area contributed by atoms with Gasteiger partial charge in [-0.3, -0.25) is 10.1 Å². The highest BCUT2D eigenvalue weighted by Gasteiger charge is 2.42. The normalized spacial score (nSPS) is 31.1. The Morgan fingerprint density at radius 1 is 1.37 bits per heavy atom. The summed E-state index contributed by atoms with van der Waals surface area (Å²) in [4.78, 5) is 11.7. The van der Waals surface area contributed by atoms with Crippen LogP contribution in [-0.4, -0.2) is 18.5 Å². The number of halogens is 1. The Kier molecular flexibility index (Phi) is 3.50. The highest BCUT2D eigenvalue weighted by Crippen LogP contribution is 2.47. The molecule has 19 heavy (non-hydrogen) atoms. The maximum atomic E-state index is 11.7. The lowest BCUT2D eigenvalue weighted by Gasteiger charge is -2.22. The zero-order valence-corrected chi connectivity index (χ0v) is 11.8. The van der Waals surface area contributed by atoms with Gasteiger partial charge in [-0.25, -0.2) is 0 Å². The summed E-state index contributed by atoms with van der Waals surface area (Å²) in [7, 11) is 0. The first-order chi connectivity index (χ1) is 9.15. The predicted octanol–water partition coefficient (Wildman–Crippen LogP) is 2.52. The summed E-state index contributed by atoms with van der Waals surface area (Å²) in [5.74, 6) is 1.50. The summed E-state index contributed by atoms with van der Waals surface area (Å²) in [6.45, 7) is 3.05. The van der Waals surface area contributed by atoms with Crippen LogP contribution in [0.5, 0.6) is 0 Å². The van der Waals surface area contributed by atoms with Crippen molar-refractivity contribution < 1.29 is 4.79 Å². The molecule has 3 rings (SSSR count). The zero-order valence-electron chi connectivity index (χ0n) is 11.0. The van der Waals surface area contributed by atoms with E-state index in [2.05, 4.69) is 29.7 Å². The molecule has 4 heteroatoms. The van der Waals surface area contributed by atoms with Crippen molar-refractivity contribution in [1.29, 1.82) is 0 Å². The molecule has 1 saturated heterocycles. The second kappa shape index (κ2) is 5.14. The minimum atomic E-state index is -0.0477. The number of hydrogen-bond acceptors (Lipinski definition) is 2. The average molecular weight is 279 g/mol. The molecule has 2 fully saturated rings. The topological polar surface area (TPSA) is 41.1 Å². The first kappa shape index (κ1) is 12.9. The second-order valence-corrected chi connectivity index (χ2v) is 6.14. The molecule has 1 aliphatic carbocycles. The lowest BCUT2D eigenvalue weighted by atomic mass is 9.99. The van der Waals surface area contributed by atoms with Gasteiger partial charge in [0.15, 0.2) is 0 Å². The summed E-state index contributed by atoms with van der Waals surface area (Å²) in [5.41, 5.74) is 1.23. The Bertz CT molecular complexity index is 474. The van der Waals surface area contributed by atoms with E-state index in [1.165, 1.54) is 12.0 Å². The third-order valence-corrected chi connectivity index (χ3v) is 4.51. The highest BCUT2D eigenvalue weighted by molar-refractivity contribution is 6.30. The van der Waals surface area contributed by atoms with E-state index < -0.39 is 0 Å². The molecule has 3 nitrogen and oxygen atoms in total. The molecular weight excluding hydrogens is 260 g/mol. The first-order valence-corrected chi connectivity index (χ1v) is 7.32. The fraction of sp³-hybridized carbons (Fsp3) is 0.533. The predicted molar refractivity (Wildman–Crippen MR) is 76.0 cm³/mol. The van der Waals surface area contributed by atoms with Crippen molar-refractivity contribution in [2.24, 2.45) is 11.8 Å². The van der Waals surface area contributed by atoms with Crippen LogP contribution in [-0.2, 0) is 4.79 Å². The third-order valence-electron chi connectivity index (χ3n) is 4.26. The van der Waals surface area contributed by atoms with Gasteiger partial charge in [0.05, 0.1) is 6.04 Å². The van der Waals surface area contributed by atoms with Crippen LogP contribution < -0.4 is 10.6 Å². The molecule has 4 atom stereocenters. The molecule has 1 heterocycles. The van der Waals surface area contributed by atoms with E-state index in [9.17, 15) is 4.79 Å². The summed E-state index contributed by atoms with van der Waals surface area (Å²) in [6.07, 6.45) is 2.11. The molecule has 1 amide bonds. The molecule has 1 aromatic carbocycles. The maximum Gasteiger partial charge on any atom is 0.237 e. The highest BCUT2D eigenvalue weighted by atomic mass is 35.5. The van der Waals surface area contributed by atoms with Crippen molar-refractivity contribution in [3.63, 3.8) is 0 Å². The van der Waals surface area contributed by atoms with Gasteiger partial charge >= 0.3 is 0 Å². The van der Waals surface area contributed by atoms with Gasteiger partial charge in [-0.2, -0.15) is 0 Å². The van der Waals surface area contributed by atoms with E-state index in [1.807, 2.05) is 12.1 Å². The van der Waals surface area contributed by atoms with Gasteiger partial charge in [-0.1, -0.05) is 30.7 Å². The van der Waals surface area contributed by atoms with Gasteiger partial charge in [0.25, 0.3) is 0 Å². The number of benzene rings is 1. The number of nitrogens with one attached hydrogen (secondary N) is 2. The van der Waals surface area contributed by atoms with Gasteiger partial charge < -0.3 is 5.32 Å². The molecule has 1 aliphatic heterocycles. The van der Waals surface area contributed by atoms with Crippen molar-refractivity contribution in [2.75, 3.05) is 6.54 Å². The number of carbonyl (C=O) groups is 1. The number of carbonyl (C=O) groups excluding carboxylic acids is 1. The fourth-order valence-electron chi connectivity index (χ4n) is 2.92. The first-order valence-electron chi connectivity index (χ1n) is 6.94. The van der Waals surface area contributed by atoms with Crippen LogP contribution in [0.4, 0.5) is 0 Å². The third kappa shape index (κ3) is 2.77. The van der Waals surface area contributed by atoms with Crippen molar-refractivity contribution in [3.8, 4) is 0 Å². The largest absolute Gasteiger partial charge is 0.355 e. The van der Waals surface area contributed by atoms with E-state index in [0.29, 0.717) is 5.92 Å². The Morgan fingerprint density at radius 3 is 2.58 bits per heavy atom. The van der Waals surface area contributed by atoms with Crippen molar-refractivity contribution in [2.45, 2.75) is 31.8 Å². The fourth-order valence-corrected chi connectivity index (χ4v) is 3.05. The Hall–Kier alpha value is -1.06. The molecule has 2 aliphatic rings. The van der Waals surface area contributed by atoms with Crippen LogP contribution in [0, 0.1) is 11.8 Å². The van der Waals surface area contributed by atoms with Crippen LogP contribution in [0.1, 0.15) is 31.4 Å². The van der Waals surface area contributed by atoms with Gasteiger partial charge in [0.2, 0.25) is 5.91 Å². The monoisotopic (exact) mass is 278 g/mol. The van der Waals surface area contributed by atoms with Gasteiger partial charge in [0, 0.05) is 17.6 Å². The summed E-state index contributed by atoms with van der Waals surface area (Å²) < 4.78 is 0.